The molecule has 0 saturated carbocycles. The highest BCUT2D eigenvalue weighted by Crippen LogP contribution is 2.25. The van der Waals surface area contributed by atoms with Crippen LogP contribution in [0.25, 0.3) is 4.96 Å². The second-order valence-electron chi connectivity index (χ2n) is 4.85. The molecule has 0 spiro atoms. The summed E-state index contributed by atoms with van der Waals surface area (Å²) in [6.07, 6.45) is 3.07. The summed E-state index contributed by atoms with van der Waals surface area (Å²) in [5.41, 5.74) is -0.119. The average molecular weight is 309 g/mol. The lowest BCUT2D eigenvalue weighted by molar-refractivity contribution is 0.0695. The van der Waals surface area contributed by atoms with Crippen molar-refractivity contribution in [3.63, 3.8) is 0 Å². The molecule has 5 nitrogen and oxygen atoms in total. The minimum Gasteiger partial charge on any atom is -0.334 e. The van der Waals surface area contributed by atoms with Crippen LogP contribution in [0.5, 0.6) is 0 Å². The maximum absolute atomic E-state index is 12.6. The van der Waals surface area contributed by atoms with Crippen molar-refractivity contribution in [3.05, 3.63) is 33.7 Å². The second kappa shape index (κ2) is 5.21. The molecule has 0 bridgehead atoms. The Morgan fingerprint density at radius 1 is 1.45 bits per heavy atom. The van der Waals surface area contributed by atoms with Gasteiger partial charge in [-0.3, -0.25) is 14.0 Å². The van der Waals surface area contributed by atoms with Crippen molar-refractivity contribution in [1.82, 2.24) is 14.3 Å². The molecule has 106 valence electrons. The van der Waals surface area contributed by atoms with Gasteiger partial charge in [-0.2, -0.15) is 11.8 Å². The first-order chi connectivity index (χ1) is 9.59. The fourth-order valence-corrected chi connectivity index (χ4v) is 4.12. The largest absolute Gasteiger partial charge is 0.334 e. The molecule has 2 aromatic heterocycles. The number of thioether (sulfide) groups is 1. The van der Waals surface area contributed by atoms with Gasteiger partial charge in [-0.25, -0.2) is 4.98 Å². The molecule has 3 rings (SSSR count). The zero-order valence-electron chi connectivity index (χ0n) is 11.3. The normalized spacial score (nSPS) is 23.2. The first-order valence-corrected chi connectivity index (χ1v) is 8.40. The summed E-state index contributed by atoms with van der Waals surface area (Å²) in [4.78, 5) is 31.5. The van der Waals surface area contributed by atoms with Gasteiger partial charge in [-0.15, -0.1) is 11.3 Å². The van der Waals surface area contributed by atoms with Gasteiger partial charge in [0.1, 0.15) is 5.56 Å². The number of rotatable bonds is 1. The number of carbonyl (C=O) groups is 1. The lowest BCUT2D eigenvalue weighted by Crippen LogP contribution is -2.49. The highest BCUT2D eigenvalue weighted by Gasteiger charge is 2.31. The van der Waals surface area contributed by atoms with Crippen LogP contribution in [-0.4, -0.2) is 43.8 Å². The molecule has 0 radical (unpaired) electrons. The lowest BCUT2D eigenvalue weighted by atomic mass is 10.1. The number of hydrogen-bond donors (Lipinski definition) is 0. The molecule has 0 unspecified atom stereocenters. The van der Waals surface area contributed by atoms with E-state index >= 15 is 0 Å². The van der Waals surface area contributed by atoms with Crippen molar-refractivity contribution >= 4 is 34.0 Å². The van der Waals surface area contributed by atoms with Gasteiger partial charge in [0, 0.05) is 41.4 Å². The molecule has 1 saturated heterocycles. The molecule has 1 aliphatic heterocycles. The van der Waals surface area contributed by atoms with E-state index in [1.54, 1.807) is 16.5 Å². The number of thiazole rings is 1. The molecular formula is C13H15N3O2S2. The Morgan fingerprint density at radius 2 is 2.25 bits per heavy atom. The summed E-state index contributed by atoms with van der Waals surface area (Å²) in [7, 11) is 0. The van der Waals surface area contributed by atoms with Crippen molar-refractivity contribution < 1.29 is 4.79 Å². The van der Waals surface area contributed by atoms with Crippen molar-refractivity contribution in [2.24, 2.45) is 0 Å². The fourth-order valence-electron chi connectivity index (χ4n) is 2.35. The van der Waals surface area contributed by atoms with Gasteiger partial charge in [-0.1, -0.05) is 6.92 Å². The monoisotopic (exact) mass is 309 g/mol. The predicted molar refractivity (Wildman–Crippen MR) is 81.8 cm³/mol. The van der Waals surface area contributed by atoms with Crippen LogP contribution >= 0.6 is 23.1 Å². The molecule has 2 atom stereocenters. The van der Waals surface area contributed by atoms with Gasteiger partial charge in [0.15, 0.2) is 4.96 Å². The highest BCUT2D eigenvalue weighted by molar-refractivity contribution is 8.00. The number of nitrogens with zero attached hydrogens (tertiary/aromatic N) is 3. The summed E-state index contributed by atoms with van der Waals surface area (Å²) in [5.74, 6) is 0.704. The summed E-state index contributed by atoms with van der Waals surface area (Å²) in [5, 5.41) is 2.17. The molecule has 2 aromatic rings. The second-order valence-corrected chi connectivity index (χ2v) is 7.21. The highest BCUT2D eigenvalue weighted by atomic mass is 32.2. The van der Waals surface area contributed by atoms with Crippen LogP contribution in [0.3, 0.4) is 0 Å². The van der Waals surface area contributed by atoms with E-state index in [1.165, 1.54) is 21.9 Å². The van der Waals surface area contributed by atoms with E-state index in [4.69, 9.17) is 0 Å². The molecule has 7 heteroatoms. The Balaban J connectivity index is 2.00. The molecule has 0 aliphatic carbocycles. The standard InChI is InChI=1S/C13H15N3O2S2/c1-8-9(2)19-5-3-15(8)11(17)10-7-14-13-16(12(10)18)4-6-20-13/h4,6-9H,3,5H2,1-2H3/t8-,9+/m0/s1. The van der Waals surface area contributed by atoms with Gasteiger partial charge in [0.2, 0.25) is 0 Å². The van der Waals surface area contributed by atoms with Crippen molar-refractivity contribution in [2.45, 2.75) is 25.1 Å². The minimum absolute atomic E-state index is 0.129. The Kier molecular flexibility index (Phi) is 3.55. The van der Waals surface area contributed by atoms with Gasteiger partial charge < -0.3 is 4.90 Å². The maximum atomic E-state index is 12.6. The predicted octanol–water partition coefficient (Wildman–Crippen LogP) is 1.72. The third-order valence-electron chi connectivity index (χ3n) is 3.72. The summed E-state index contributed by atoms with van der Waals surface area (Å²) < 4.78 is 1.44. The number of amides is 1. The molecule has 0 N–H and O–H groups in total. The summed E-state index contributed by atoms with van der Waals surface area (Å²) in [6, 6.07) is 0.129. The molecule has 1 aliphatic rings. The van der Waals surface area contributed by atoms with Crippen LogP contribution in [0.2, 0.25) is 0 Å². The zero-order valence-corrected chi connectivity index (χ0v) is 12.9. The molecular weight excluding hydrogens is 294 g/mol. The maximum Gasteiger partial charge on any atom is 0.271 e. The Hall–Kier alpha value is -1.34. The van der Waals surface area contributed by atoms with E-state index in [2.05, 4.69) is 11.9 Å². The summed E-state index contributed by atoms with van der Waals surface area (Å²) in [6.45, 7) is 4.83. The topological polar surface area (TPSA) is 54.7 Å². The van der Waals surface area contributed by atoms with Crippen LogP contribution in [-0.2, 0) is 0 Å². The Bertz CT molecular complexity index is 709. The summed E-state index contributed by atoms with van der Waals surface area (Å²) >= 11 is 3.24. The smallest absolute Gasteiger partial charge is 0.271 e. The number of fused-ring (bicyclic) bond motifs is 1. The first-order valence-electron chi connectivity index (χ1n) is 6.47. The number of carbonyl (C=O) groups excluding carboxylic acids is 1. The fraction of sp³-hybridized carbons (Fsp3) is 0.462. The molecule has 20 heavy (non-hydrogen) atoms. The zero-order chi connectivity index (χ0) is 14.3. The Morgan fingerprint density at radius 3 is 3.05 bits per heavy atom. The van der Waals surface area contributed by atoms with Gasteiger partial charge >= 0.3 is 0 Å². The van der Waals surface area contributed by atoms with E-state index in [-0.39, 0.29) is 23.1 Å². The SMILES string of the molecule is C[C@H]1SCCN(C(=O)c2cnc3sccn3c2=O)[C@H]1C. The van der Waals surface area contributed by atoms with E-state index in [0.29, 0.717) is 16.8 Å². The van der Waals surface area contributed by atoms with Crippen LogP contribution in [0.1, 0.15) is 24.2 Å². The van der Waals surface area contributed by atoms with Crippen LogP contribution in [0.15, 0.2) is 22.6 Å². The molecule has 3 heterocycles. The third-order valence-corrected chi connectivity index (χ3v) is 5.83. The van der Waals surface area contributed by atoms with E-state index in [9.17, 15) is 9.59 Å². The minimum atomic E-state index is -0.278. The van der Waals surface area contributed by atoms with Crippen molar-refractivity contribution in [3.8, 4) is 0 Å². The lowest BCUT2D eigenvalue weighted by Gasteiger charge is -2.37. The van der Waals surface area contributed by atoms with E-state index < -0.39 is 0 Å². The van der Waals surface area contributed by atoms with Crippen LogP contribution in [0, 0.1) is 0 Å². The Labute approximate surface area is 124 Å². The average Bonchev–Trinajstić information content (AvgIpc) is 2.91. The van der Waals surface area contributed by atoms with E-state index in [1.807, 2.05) is 18.7 Å². The first kappa shape index (κ1) is 13.6. The quantitative estimate of drug-likeness (QED) is 0.805. The van der Waals surface area contributed by atoms with Gasteiger partial charge in [0.05, 0.1) is 0 Å². The van der Waals surface area contributed by atoms with Crippen LogP contribution in [0.4, 0.5) is 0 Å². The molecule has 1 fully saturated rings. The van der Waals surface area contributed by atoms with Crippen LogP contribution < -0.4 is 5.56 Å². The number of hydrogen-bond acceptors (Lipinski definition) is 5. The van der Waals surface area contributed by atoms with Gasteiger partial charge in [0.25, 0.3) is 11.5 Å². The van der Waals surface area contributed by atoms with Gasteiger partial charge in [-0.05, 0) is 6.92 Å². The van der Waals surface area contributed by atoms with Crippen molar-refractivity contribution in [2.75, 3.05) is 12.3 Å². The number of aromatic nitrogens is 2. The van der Waals surface area contributed by atoms with E-state index in [0.717, 1.165) is 5.75 Å². The molecule has 1 amide bonds. The molecule has 0 aromatic carbocycles. The third kappa shape index (κ3) is 2.14. The van der Waals surface area contributed by atoms with Crippen molar-refractivity contribution in [1.29, 1.82) is 0 Å².